The van der Waals surface area contributed by atoms with Gasteiger partial charge in [0.2, 0.25) is 23.6 Å². The molecule has 0 saturated carbocycles. The van der Waals surface area contributed by atoms with Crippen LogP contribution < -0.4 is 14.6 Å². The van der Waals surface area contributed by atoms with Crippen LogP contribution in [0.5, 0.6) is 5.75 Å². The third-order valence-corrected chi connectivity index (χ3v) is 8.12. The maximum Gasteiger partial charge on any atom is 0.339 e. The molecule has 4 aromatic rings. The Morgan fingerprint density at radius 1 is 0.875 bits per heavy atom. The van der Waals surface area contributed by atoms with E-state index in [1.165, 1.54) is 30.3 Å². The van der Waals surface area contributed by atoms with E-state index in [0.717, 1.165) is 0 Å². The van der Waals surface area contributed by atoms with E-state index in [9.17, 15) is 21.4 Å². The van der Waals surface area contributed by atoms with Crippen LogP contribution in [0.15, 0.2) is 67.2 Å². The highest BCUT2D eigenvalue weighted by Gasteiger charge is 2.27. The Kier molecular flexibility index (Phi) is 6.77. The van der Waals surface area contributed by atoms with E-state index in [2.05, 4.69) is 27.0 Å². The third-order valence-electron chi connectivity index (χ3n) is 5.92. The van der Waals surface area contributed by atoms with Crippen LogP contribution in [0.4, 0.5) is 0 Å². The maximum atomic E-state index is 13.3. The number of rotatable bonds is 6. The van der Waals surface area contributed by atoms with Crippen LogP contribution in [-0.4, -0.2) is 41.8 Å². The zero-order chi connectivity index (χ0) is 28.8. The minimum Gasteiger partial charge on any atom is -0.421 e. The highest BCUT2D eigenvalue weighted by Crippen LogP contribution is 2.33. The lowest BCUT2D eigenvalue weighted by molar-refractivity contribution is 0.483. The molecule has 0 aliphatic heterocycles. The van der Waals surface area contributed by atoms with Crippen molar-refractivity contribution in [3.05, 3.63) is 87.1 Å². The number of hydrogen-bond acceptors (Lipinski definition) is 11. The minimum atomic E-state index is -4.64. The van der Waals surface area contributed by atoms with Crippen LogP contribution in [-0.2, 0) is 20.2 Å². The molecule has 0 spiro atoms. The lowest BCUT2D eigenvalue weighted by Gasteiger charge is -2.14. The molecule has 1 aliphatic carbocycles. The number of aromatic nitrogens is 4. The Morgan fingerprint density at radius 2 is 1.55 bits per heavy atom. The molecule has 0 amide bonds. The average Bonchev–Trinajstić information content (AvgIpc) is 3.52. The van der Waals surface area contributed by atoms with Crippen LogP contribution >= 0.6 is 0 Å². The first-order valence-electron chi connectivity index (χ1n) is 11.7. The van der Waals surface area contributed by atoms with Gasteiger partial charge in [0.25, 0.3) is 10.1 Å². The summed E-state index contributed by atoms with van der Waals surface area (Å²) < 4.78 is 77.1. The van der Waals surface area contributed by atoms with E-state index < -0.39 is 20.2 Å². The van der Waals surface area contributed by atoms with Gasteiger partial charge in [0.05, 0.1) is 10.5 Å². The van der Waals surface area contributed by atoms with Crippen LogP contribution in [0, 0.1) is 20.8 Å². The molecule has 0 radical (unpaired) electrons. The van der Waals surface area contributed by atoms with Gasteiger partial charge in [-0.3, -0.25) is 4.55 Å². The van der Waals surface area contributed by atoms with E-state index in [1.807, 2.05) is 0 Å². The summed E-state index contributed by atoms with van der Waals surface area (Å²) in [5, 5.41) is 16.0. The molecule has 14 heteroatoms. The van der Waals surface area contributed by atoms with Crippen LogP contribution in [0.1, 0.15) is 29.7 Å². The van der Waals surface area contributed by atoms with Crippen molar-refractivity contribution < 1.29 is 34.4 Å². The van der Waals surface area contributed by atoms with Crippen molar-refractivity contribution in [1.29, 1.82) is 0 Å². The fourth-order valence-corrected chi connectivity index (χ4v) is 5.92. The van der Waals surface area contributed by atoms with Crippen molar-refractivity contribution in [3.63, 3.8) is 0 Å². The molecule has 0 fully saturated rings. The molecule has 2 aromatic heterocycles. The zero-order valence-electron chi connectivity index (χ0n) is 21.4. The third kappa shape index (κ3) is 5.50. The molecule has 0 bridgehead atoms. The molecule has 12 nitrogen and oxygen atoms in total. The summed E-state index contributed by atoms with van der Waals surface area (Å²) in [6.45, 7) is 8.74. The molecule has 0 unspecified atom stereocenters. The highest BCUT2D eigenvalue weighted by atomic mass is 32.2. The Labute approximate surface area is 228 Å². The average molecular weight is 583 g/mol. The summed E-state index contributed by atoms with van der Waals surface area (Å²) >= 11 is 0. The zero-order valence-corrected chi connectivity index (χ0v) is 23.1. The molecule has 2 heterocycles. The molecular weight excluding hydrogens is 560 g/mol. The maximum absolute atomic E-state index is 13.3. The van der Waals surface area contributed by atoms with Gasteiger partial charge >= 0.3 is 10.1 Å². The topological polar surface area (TPSA) is 176 Å². The van der Waals surface area contributed by atoms with Crippen LogP contribution in [0.25, 0.3) is 29.2 Å². The quantitative estimate of drug-likeness (QED) is 0.260. The Morgan fingerprint density at radius 3 is 2.17 bits per heavy atom. The second-order valence-corrected chi connectivity index (χ2v) is 12.0. The second kappa shape index (κ2) is 9.97. The Bertz CT molecular complexity index is 2060. The fraction of sp³-hybridized carbons (Fsp3) is 0.154. The van der Waals surface area contributed by atoms with Gasteiger partial charge in [0.1, 0.15) is 10.6 Å². The van der Waals surface area contributed by atoms with E-state index in [4.69, 9.17) is 13.0 Å². The number of benzene rings is 2. The summed E-state index contributed by atoms with van der Waals surface area (Å²) in [6.07, 6.45) is 2.82. The van der Waals surface area contributed by atoms with Crippen molar-refractivity contribution in [2.24, 2.45) is 0 Å². The first-order valence-corrected chi connectivity index (χ1v) is 14.5. The summed E-state index contributed by atoms with van der Waals surface area (Å²) in [4.78, 5) is -0.476. The largest absolute Gasteiger partial charge is 0.421 e. The SMILES string of the molecule is C=c1cc/c(=C2/C=CC(c3nnc(C)o3)=C(S(=O)(=O)O)C2)cc1OS(=O)(=O)c1cc(C)cc(-c2nnc(C)o2)c1. The Hall–Kier alpha value is -4.40. The lowest BCUT2D eigenvalue weighted by Crippen LogP contribution is -2.19. The van der Waals surface area contributed by atoms with Crippen LogP contribution in [0.3, 0.4) is 0 Å². The van der Waals surface area contributed by atoms with Gasteiger partial charge in [-0.2, -0.15) is 16.8 Å². The monoisotopic (exact) mass is 582 g/mol. The normalized spacial score (nSPS) is 15.5. The number of allylic oxidation sites excluding steroid dienone is 4. The molecule has 1 N–H and O–H groups in total. The standard InChI is InChI=1S/C26H22N4O8S2/c1-14-9-20(25-29-27-16(3)36-25)11-21(10-14)40(34,35)38-23-12-18(6-5-15(23)2)19-7-8-22(24(13-19)39(31,32)33)26-30-28-17(4)37-26/h5-12H,2,13H2,1,3-4H3,(H,31,32,33)/b19-18+. The van der Waals surface area contributed by atoms with Crippen molar-refractivity contribution in [3.8, 4) is 17.2 Å². The van der Waals surface area contributed by atoms with E-state index in [0.29, 0.717) is 27.8 Å². The molecule has 0 saturated heterocycles. The van der Waals surface area contributed by atoms with Crippen molar-refractivity contribution >= 4 is 38.0 Å². The van der Waals surface area contributed by atoms with Crippen LogP contribution in [0.2, 0.25) is 0 Å². The van der Waals surface area contributed by atoms with E-state index in [-0.39, 0.29) is 50.4 Å². The van der Waals surface area contributed by atoms with Gasteiger partial charge in [-0.25, -0.2) is 0 Å². The number of hydrogen-bond donors (Lipinski definition) is 1. The van der Waals surface area contributed by atoms with Crippen molar-refractivity contribution in [2.75, 3.05) is 0 Å². The van der Waals surface area contributed by atoms with Gasteiger partial charge in [0, 0.05) is 31.1 Å². The second-order valence-electron chi connectivity index (χ2n) is 8.99. The molecule has 2 aromatic carbocycles. The van der Waals surface area contributed by atoms with E-state index >= 15 is 0 Å². The number of aryl methyl sites for hydroxylation is 3. The smallest absolute Gasteiger partial charge is 0.339 e. The fourth-order valence-electron chi connectivity index (χ4n) is 4.06. The van der Waals surface area contributed by atoms with Gasteiger partial charge in [-0.05, 0) is 53.6 Å². The van der Waals surface area contributed by atoms with Gasteiger partial charge in [-0.15, -0.1) is 20.4 Å². The first-order chi connectivity index (χ1) is 18.8. The molecule has 5 rings (SSSR count). The summed E-state index contributed by atoms with van der Waals surface area (Å²) in [5.41, 5.74) is 1.55. The molecule has 40 heavy (non-hydrogen) atoms. The first kappa shape index (κ1) is 27.2. The summed E-state index contributed by atoms with van der Waals surface area (Å²) in [7, 11) is -8.98. The number of nitrogens with zero attached hydrogens (tertiary/aromatic N) is 4. The molecule has 206 valence electrons. The lowest BCUT2D eigenvalue weighted by atomic mass is 9.99. The predicted octanol–water partition coefficient (Wildman–Crippen LogP) is 2.63. The van der Waals surface area contributed by atoms with Gasteiger partial charge in [-0.1, -0.05) is 24.8 Å². The molecule has 1 aliphatic rings. The van der Waals surface area contributed by atoms with E-state index in [1.54, 1.807) is 39.0 Å². The van der Waals surface area contributed by atoms with Crippen molar-refractivity contribution in [2.45, 2.75) is 32.1 Å². The van der Waals surface area contributed by atoms with Crippen molar-refractivity contribution in [1.82, 2.24) is 20.4 Å². The van der Waals surface area contributed by atoms with Gasteiger partial charge in [0.15, 0.2) is 0 Å². The minimum absolute atomic E-state index is 0.0585. The molecular formula is C26H22N4O8S2. The Balaban J connectivity index is 1.53. The van der Waals surface area contributed by atoms with Gasteiger partial charge < -0.3 is 13.0 Å². The summed E-state index contributed by atoms with van der Waals surface area (Å²) in [6, 6.07) is 9.11. The molecule has 0 atom stereocenters. The highest BCUT2D eigenvalue weighted by molar-refractivity contribution is 7.90. The summed E-state index contributed by atoms with van der Waals surface area (Å²) in [5.74, 6) is 0.594. The predicted molar refractivity (Wildman–Crippen MR) is 143 cm³/mol.